The van der Waals surface area contributed by atoms with Gasteiger partial charge in [-0.25, -0.2) is 0 Å². The quantitative estimate of drug-likeness (QED) is 0.638. The molecular formula is C23H28O2. The molecule has 132 valence electrons. The fourth-order valence-corrected chi connectivity index (χ4v) is 4.17. The van der Waals surface area contributed by atoms with Gasteiger partial charge in [0.25, 0.3) is 0 Å². The van der Waals surface area contributed by atoms with Gasteiger partial charge in [0.2, 0.25) is 0 Å². The van der Waals surface area contributed by atoms with Crippen LogP contribution in [-0.4, -0.2) is 11.6 Å². The number of carbonyl (C=O) groups excluding carboxylic acids is 2. The van der Waals surface area contributed by atoms with E-state index in [4.69, 9.17) is 0 Å². The third kappa shape index (κ3) is 2.92. The molecule has 0 amide bonds. The van der Waals surface area contributed by atoms with Gasteiger partial charge in [0.05, 0.1) is 0 Å². The highest BCUT2D eigenvalue weighted by molar-refractivity contribution is 6.28. The van der Waals surface area contributed by atoms with Crippen molar-refractivity contribution in [1.82, 2.24) is 0 Å². The van der Waals surface area contributed by atoms with Crippen molar-refractivity contribution in [1.29, 1.82) is 0 Å². The maximum absolute atomic E-state index is 13.1. The van der Waals surface area contributed by atoms with Crippen LogP contribution in [0.15, 0.2) is 47.6 Å². The van der Waals surface area contributed by atoms with Gasteiger partial charge in [-0.15, -0.1) is 0 Å². The summed E-state index contributed by atoms with van der Waals surface area (Å²) in [6, 6.07) is 7.21. The number of benzene rings is 1. The smallest absolute Gasteiger partial charge is 0.194 e. The zero-order chi connectivity index (χ0) is 18.2. The van der Waals surface area contributed by atoms with Crippen LogP contribution in [0, 0.1) is 10.8 Å². The first-order chi connectivity index (χ1) is 11.8. The zero-order valence-electron chi connectivity index (χ0n) is 15.8. The summed E-state index contributed by atoms with van der Waals surface area (Å²) in [7, 11) is 0. The molecule has 1 atom stereocenters. The normalized spacial score (nSPS) is 22.9. The van der Waals surface area contributed by atoms with Crippen LogP contribution < -0.4 is 0 Å². The van der Waals surface area contributed by atoms with Crippen molar-refractivity contribution in [3.8, 4) is 0 Å². The average Bonchev–Trinajstić information content (AvgIpc) is 2.59. The summed E-state index contributed by atoms with van der Waals surface area (Å²) in [5.41, 5.74) is 2.42. The predicted molar refractivity (Wildman–Crippen MR) is 102 cm³/mol. The molecule has 2 aliphatic carbocycles. The van der Waals surface area contributed by atoms with E-state index in [9.17, 15) is 9.59 Å². The van der Waals surface area contributed by atoms with Crippen LogP contribution in [0.5, 0.6) is 0 Å². The molecule has 0 spiro atoms. The van der Waals surface area contributed by atoms with E-state index in [1.54, 1.807) is 12.1 Å². The van der Waals surface area contributed by atoms with Gasteiger partial charge in [-0.2, -0.15) is 0 Å². The van der Waals surface area contributed by atoms with Crippen molar-refractivity contribution in [3.05, 3.63) is 58.7 Å². The predicted octanol–water partition coefficient (Wildman–Crippen LogP) is 5.93. The number of hydrogen-bond acceptors (Lipinski definition) is 2. The topological polar surface area (TPSA) is 34.1 Å². The first-order valence-corrected chi connectivity index (χ1v) is 9.41. The second-order valence-electron chi connectivity index (χ2n) is 8.47. The molecule has 3 rings (SSSR count). The molecular weight excluding hydrogens is 308 g/mol. The van der Waals surface area contributed by atoms with E-state index < -0.39 is 0 Å². The Morgan fingerprint density at radius 1 is 1.00 bits per heavy atom. The Kier molecular flexibility index (Phi) is 4.57. The Hall–Kier alpha value is -1.96. The van der Waals surface area contributed by atoms with Gasteiger partial charge in [0.1, 0.15) is 0 Å². The Labute approximate surface area is 151 Å². The van der Waals surface area contributed by atoms with E-state index in [1.165, 1.54) is 12.8 Å². The minimum absolute atomic E-state index is 0.00230. The fourth-order valence-electron chi connectivity index (χ4n) is 4.17. The average molecular weight is 336 g/mol. The van der Waals surface area contributed by atoms with Crippen molar-refractivity contribution >= 4 is 11.6 Å². The molecule has 0 aromatic heterocycles. The summed E-state index contributed by atoms with van der Waals surface area (Å²) in [6.07, 6.45) is 9.42. The lowest BCUT2D eigenvalue weighted by molar-refractivity contribution is 0.0918. The van der Waals surface area contributed by atoms with Crippen LogP contribution in [-0.2, 0) is 0 Å². The van der Waals surface area contributed by atoms with Crippen molar-refractivity contribution in [2.24, 2.45) is 10.8 Å². The molecule has 0 heterocycles. The summed E-state index contributed by atoms with van der Waals surface area (Å²) in [6.45, 7) is 8.95. The number of hydrogen-bond donors (Lipinski definition) is 0. The van der Waals surface area contributed by atoms with Crippen LogP contribution in [0.3, 0.4) is 0 Å². The lowest BCUT2D eigenvalue weighted by Gasteiger charge is -2.46. The van der Waals surface area contributed by atoms with Gasteiger partial charge in [0, 0.05) is 22.3 Å². The van der Waals surface area contributed by atoms with E-state index in [2.05, 4.69) is 33.8 Å². The third-order valence-corrected chi connectivity index (χ3v) is 6.04. The number of fused-ring (bicyclic) bond motifs is 1. The van der Waals surface area contributed by atoms with E-state index in [0.29, 0.717) is 23.1 Å². The lowest BCUT2D eigenvalue weighted by atomic mass is 9.57. The van der Waals surface area contributed by atoms with Gasteiger partial charge in [0.15, 0.2) is 11.6 Å². The van der Waals surface area contributed by atoms with Crippen LogP contribution in [0.25, 0.3) is 0 Å². The minimum atomic E-state index is -0.0662. The fraction of sp³-hybridized carbons (Fsp3) is 0.478. The summed E-state index contributed by atoms with van der Waals surface area (Å²) in [5.74, 6) is 0.0381. The molecule has 0 fully saturated rings. The molecule has 1 aromatic rings. The summed E-state index contributed by atoms with van der Waals surface area (Å²) >= 11 is 0. The minimum Gasteiger partial charge on any atom is -0.289 e. The monoisotopic (exact) mass is 336 g/mol. The summed E-state index contributed by atoms with van der Waals surface area (Å²) < 4.78 is 0. The van der Waals surface area contributed by atoms with E-state index in [0.717, 1.165) is 18.4 Å². The Balaban J connectivity index is 2.01. The van der Waals surface area contributed by atoms with Crippen molar-refractivity contribution in [2.45, 2.75) is 59.8 Å². The first kappa shape index (κ1) is 17.8. The second-order valence-corrected chi connectivity index (χ2v) is 8.47. The number of Topliss-reactive ketones (excluding diaryl/α,β-unsaturated/α-hetero) is 2. The molecule has 2 heteroatoms. The van der Waals surface area contributed by atoms with E-state index in [-0.39, 0.29) is 22.4 Å². The molecule has 0 saturated carbocycles. The number of unbranched alkanes of at least 4 members (excludes halogenated alkanes) is 2. The van der Waals surface area contributed by atoms with Crippen LogP contribution >= 0.6 is 0 Å². The SMILES string of the molecule is CCCCCC1(C(C)(C)C)C=CC2=C(C1)C(=O)c1ccccc1C2=O. The lowest BCUT2D eigenvalue weighted by Crippen LogP contribution is -2.38. The number of rotatable bonds is 4. The molecule has 2 aliphatic rings. The number of ketones is 2. The van der Waals surface area contributed by atoms with Crippen molar-refractivity contribution in [2.75, 3.05) is 0 Å². The molecule has 0 saturated heterocycles. The molecule has 0 radical (unpaired) electrons. The largest absolute Gasteiger partial charge is 0.289 e. The molecule has 25 heavy (non-hydrogen) atoms. The highest BCUT2D eigenvalue weighted by Gasteiger charge is 2.45. The molecule has 1 unspecified atom stereocenters. The standard InChI is InChI=1S/C23H28O2/c1-5-6-9-13-23(22(2,3)4)14-12-18-19(15-23)21(25)17-11-8-7-10-16(17)20(18)24/h7-8,10-12,14H,5-6,9,13,15H2,1-4H3. The molecule has 0 aliphatic heterocycles. The van der Waals surface area contributed by atoms with Gasteiger partial charge in [-0.1, -0.05) is 83.4 Å². The summed E-state index contributed by atoms with van der Waals surface area (Å²) in [5, 5.41) is 0. The van der Waals surface area contributed by atoms with Crippen LogP contribution in [0.4, 0.5) is 0 Å². The zero-order valence-corrected chi connectivity index (χ0v) is 15.8. The summed E-state index contributed by atoms with van der Waals surface area (Å²) in [4.78, 5) is 26.0. The Morgan fingerprint density at radius 3 is 2.24 bits per heavy atom. The maximum atomic E-state index is 13.1. The van der Waals surface area contributed by atoms with E-state index in [1.807, 2.05) is 18.2 Å². The molecule has 2 nitrogen and oxygen atoms in total. The van der Waals surface area contributed by atoms with Crippen LogP contribution in [0.1, 0.15) is 80.5 Å². The highest BCUT2D eigenvalue weighted by atomic mass is 16.1. The van der Waals surface area contributed by atoms with Gasteiger partial charge in [-0.05, 0) is 23.7 Å². The third-order valence-electron chi connectivity index (χ3n) is 6.04. The Morgan fingerprint density at radius 2 is 1.64 bits per heavy atom. The van der Waals surface area contributed by atoms with Gasteiger partial charge in [-0.3, -0.25) is 9.59 Å². The number of allylic oxidation sites excluding steroid dienone is 4. The molecule has 0 N–H and O–H groups in total. The molecule has 1 aromatic carbocycles. The van der Waals surface area contributed by atoms with E-state index >= 15 is 0 Å². The van der Waals surface area contributed by atoms with Crippen molar-refractivity contribution < 1.29 is 9.59 Å². The molecule has 0 bridgehead atoms. The Bertz CT molecular complexity index is 774. The highest BCUT2D eigenvalue weighted by Crippen LogP contribution is 2.52. The second kappa shape index (κ2) is 6.40. The first-order valence-electron chi connectivity index (χ1n) is 9.41. The number of carbonyl (C=O) groups is 2. The van der Waals surface area contributed by atoms with Crippen LogP contribution in [0.2, 0.25) is 0 Å². The van der Waals surface area contributed by atoms with Gasteiger partial charge < -0.3 is 0 Å². The van der Waals surface area contributed by atoms with Gasteiger partial charge >= 0.3 is 0 Å². The maximum Gasteiger partial charge on any atom is 0.194 e. The van der Waals surface area contributed by atoms with Crippen molar-refractivity contribution in [3.63, 3.8) is 0 Å².